The van der Waals surface area contributed by atoms with E-state index in [1.165, 1.54) is 6.08 Å². The predicted molar refractivity (Wildman–Crippen MR) is 130 cm³/mol. The highest BCUT2D eigenvalue weighted by Crippen LogP contribution is 2.35. The first kappa shape index (κ1) is 25.3. The number of amides is 2. The summed E-state index contributed by atoms with van der Waals surface area (Å²) in [7, 11) is 0. The Morgan fingerprint density at radius 2 is 2.00 bits per heavy atom. The number of fused-ring (bicyclic) bond motifs is 2. The fraction of sp³-hybridized carbons (Fsp3) is 0.423. The summed E-state index contributed by atoms with van der Waals surface area (Å²) in [5, 5.41) is 2.74. The molecule has 0 fully saturated rings. The summed E-state index contributed by atoms with van der Waals surface area (Å²) in [6.07, 6.45) is 5.14. The van der Waals surface area contributed by atoms with Gasteiger partial charge in [0.25, 0.3) is 0 Å². The number of nitrogens with two attached hydrogens (primary N) is 1. The number of halogens is 3. The molecule has 0 spiro atoms. The number of carbonyl (C=O) groups excluding carboxylic acids is 2. The highest BCUT2D eigenvalue weighted by molar-refractivity contribution is 6.31. The second-order valence-corrected chi connectivity index (χ2v) is 10.0. The molecule has 0 radical (unpaired) electrons. The maximum Gasteiger partial charge on any atom is 0.247 e. The molecule has 186 valence electrons. The molecule has 2 unspecified atom stereocenters. The van der Waals surface area contributed by atoms with Gasteiger partial charge in [0.2, 0.25) is 11.8 Å². The molecule has 2 aliphatic heterocycles. The molecule has 1 aromatic carbocycles. The van der Waals surface area contributed by atoms with E-state index in [0.29, 0.717) is 25.0 Å². The van der Waals surface area contributed by atoms with E-state index in [4.69, 9.17) is 17.3 Å². The number of rotatable bonds is 2. The van der Waals surface area contributed by atoms with Crippen LogP contribution in [-0.2, 0) is 15.1 Å². The number of nitrogens with zero attached hydrogens (tertiary/aromatic N) is 2. The van der Waals surface area contributed by atoms with Gasteiger partial charge in [-0.3, -0.25) is 14.6 Å². The van der Waals surface area contributed by atoms with Gasteiger partial charge in [-0.25, -0.2) is 8.78 Å². The van der Waals surface area contributed by atoms with Gasteiger partial charge in [-0.05, 0) is 61.6 Å². The summed E-state index contributed by atoms with van der Waals surface area (Å²) < 4.78 is 29.0. The predicted octanol–water partition coefficient (Wildman–Crippen LogP) is 4.48. The molecule has 1 aromatic heterocycles. The lowest BCUT2D eigenvalue weighted by Gasteiger charge is -2.35. The van der Waals surface area contributed by atoms with E-state index in [1.54, 1.807) is 11.1 Å². The van der Waals surface area contributed by atoms with Crippen LogP contribution in [-0.4, -0.2) is 34.8 Å². The number of pyridine rings is 1. The summed E-state index contributed by atoms with van der Waals surface area (Å²) in [4.78, 5) is 32.0. The molecular formula is C26H29ClF2N4O2. The molecule has 0 saturated carbocycles. The van der Waals surface area contributed by atoms with Gasteiger partial charge in [0.1, 0.15) is 5.82 Å². The van der Waals surface area contributed by atoms with Crippen LogP contribution in [0.2, 0.25) is 5.02 Å². The zero-order valence-electron chi connectivity index (χ0n) is 19.8. The smallest absolute Gasteiger partial charge is 0.247 e. The Bertz CT molecular complexity index is 1180. The normalized spacial score (nSPS) is 25.9. The minimum absolute atomic E-state index is 0.0553. The van der Waals surface area contributed by atoms with Crippen LogP contribution < -0.4 is 11.1 Å². The van der Waals surface area contributed by atoms with Crippen molar-refractivity contribution in [1.82, 2.24) is 15.2 Å². The monoisotopic (exact) mass is 502 g/mol. The standard InChI is InChI=1S/C26H29ClF2N4O2/c1-15-4-3-5-21(20-13-17(8-10-31-20)26(2,30)14-32-25(15)35)33-11-9-16(12-22(33)34)23-19(28)7-6-18(27)24(23)29/h6-8,10,12-13,15,21H,3-5,9,11,14,30H2,1-2H3,(H,32,35)/t15?,21-,26?/m0/s1. The number of hydrogen-bond donors (Lipinski definition) is 2. The molecule has 35 heavy (non-hydrogen) atoms. The molecule has 3 atom stereocenters. The van der Waals surface area contributed by atoms with Crippen LogP contribution in [0.25, 0.3) is 5.57 Å². The molecule has 3 heterocycles. The van der Waals surface area contributed by atoms with Crippen molar-refractivity contribution in [3.8, 4) is 0 Å². The molecular weight excluding hydrogens is 474 g/mol. The zero-order valence-corrected chi connectivity index (χ0v) is 20.5. The Balaban J connectivity index is 1.69. The van der Waals surface area contributed by atoms with Crippen LogP contribution in [0.3, 0.4) is 0 Å². The molecule has 2 amide bonds. The Hall–Kier alpha value is -2.84. The highest BCUT2D eigenvalue weighted by atomic mass is 35.5. The average molecular weight is 503 g/mol. The van der Waals surface area contributed by atoms with Gasteiger partial charge in [-0.2, -0.15) is 0 Å². The van der Waals surface area contributed by atoms with Gasteiger partial charge in [0.15, 0.2) is 5.82 Å². The summed E-state index contributed by atoms with van der Waals surface area (Å²) in [5.41, 5.74) is 7.22. The molecule has 0 aliphatic carbocycles. The summed E-state index contributed by atoms with van der Waals surface area (Å²) in [5.74, 6) is -2.23. The zero-order chi connectivity index (χ0) is 25.3. The van der Waals surface area contributed by atoms with Crippen molar-refractivity contribution in [2.45, 2.75) is 51.1 Å². The van der Waals surface area contributed by atoms with Crippen LogP contribution in [0.1, 0.15) is 62.4 Å². The molecule has 9 heteroatoms. The Morgan fingerprint density at radius 3 is 2.74 bits per heavy atom. The van der Waals surface area contributed by atoms with Crippen LogP contribution in [0.4, 0.5) is 8.78 Å². The van der Waals surface area contributed by atoms with Crippen LogP contribution in [0.15, 0.2) is 36.5 Å². The minimum atomic E-state index is -0.867. The maximum absolute atomic E-state index is 14.6. The molecule has 3 N–H and O–H groups in total. The van der Waals surface area contributed by atoms with Gasteiger partial charge in [0, 0.05) is 31.3 Å². The van der Waals surface area contributed by atoms with Gasteiger partial charge >= 0.3 is 0 Å². The Kier molecular flexibility index (Phi) is 7.24. The lowest BCUT2D eigenvalue weighted by atomic mass is 9.89. The third-order valence-corrected chi connectivity index (χ3v) is 7.21. The third kappa shape index (κ3) is 5.23. The SMILES string of the molecule is CC1CCC[C@H](N2CCC(c3c(F)ccc(Cl)c3F)=CC2=O)c2cc(ccn2)C(C)(N)CNC1=O. The lowest BCUT2D eigenvalue weighted by Crippen LogP contribution is -2.47. The van der Waals surface area contributed by atoms with Gasteiger partial charge in [-0.15, -0.1) is 0 Å². The second kappa shape index (κ2) is 10.0. The maximum atomic E-state index is 14.6. The summed E-state index contributed by atoms with van der Waals surface area (Å²) >= 11 is 5.85. The lowest BCUT2D eigenvalue weighted by molar-refractivity contribution is -0.129. The molecule has 6 nitrogen and oxygen atoms in total. The van der Waals surface area contributed by atoms with Gasteiger partial charge in [-0.1, -0.05) is 24.9 Å². The summed E-state index contributed by atoms with van der Waals surface area (Å²) in [6, 6.07) is 5.58. The largest absolute Gasteiger partial charge is 0.354 e. The van der Waals surface area contributed by atoms with E-state index in [-0.39, 0.29) is 59.4 Å². The van der Waals surface area contributed by atoms with E-state index >= 15 is 0 Å². The second-order valence-electron chi connectivity index (χ2n) is 9.62. The summed E-state index contributed by atoms with van der Waals surface area (Å²) in [6.45, 7) is 4.25. The topological polar surface area (TPSA) is 88.3 Å². The Labute approximate surface area is 208 Å². The van der Waals surface area contributed by atoms with Crippen molar-refractivity contribution in [1.29, 1.82) is 0 Å². The molecule has 2 aliphatic rings. The van der Waals surface area contributed by atoms with E-state index in [2.05, 4.69) is 10.3 Å². The van der Waals surface area contributed by atoms with Crippen LogP contribution >= 0.6 is 11.6 Å². The van der Waals surface area contributed by atoms with E-state index in [0.717, 1.165) is 17.7 Å². The van der Waals surface area contributed by atoms with Crippen molar-refractivity contribution < 1.29 is 18.4 Å². The molecule has 0 saturated heterocycles. The first-order valence-electron chi connectivity index (χ1n) is 11.8. The molecule has 2 aromatic rings. The van der Waals surface area contributed by atoms with Crippen LogP contribution in [0, 0.1) is 17.6 Å². The van der Waals surface area contributed by atoms with Gasteiger partial charge < -0.3 is 16.0 Å². The number of hydrogen-bond acceptors (Lipinski definition) is 4. The molecule has 4 rings (SSSR count). The average Bonchev–Trinajstić information content (AvgIpc) is 2.83. The van der Waals surface area contributed by atoms with E-state index in [1.807, 2.05) is 26.0 Å². The Morgan fingerprint density at radius 1 is 1.23 bits per heavy atom. The van der Waals surface area contributed by atoms with Crippen LogP contribution in [0.5, 0.6) is 0 Å². The minimum Gasteiger partial charge on any atom is -0.354 e. The van der Waals surface area contributed by atoms with Crippen molar-refractivity contribution in [2.75, 3.05) is 13.1 Å². The first-order valence-corrected chi connectivity index (χ1v) is 12.1. The number of carbonyl (C=O) groups is 2. The van der Waals surface area contributed by atoms with E-state index in [9.17, 15) is 18.4 Å². The van der Waals surface area contributed by atoms with Crippen molar-refractivity contribution in [3.05, 3.63) is 70.0 Å². The van der Waals surface area contributed by atoms with Gasteiger partial charge in [0.05, 0.1) is 27.9 Å². The first-order chi connectivity index (χ1) is 16.6. The molecule has 2 bridgehead atoms. The fourth-order valence-corrected chi connectivity index (χ4v) is 4.89. The van der Waals surface area contributed by atoms with E-state index < -0.39 is 17.2 Å². The third-order valence-electron chi connectivity index (χ3n) is 6.92. The van der Waals surface area contributed by atoms with Crippen molar-refractivity contribution >= 4 is 29.0 Å². The van der Waals surface area contributed by atoms with Crippen molar-refractivity contribution in [3.63, 3.8) is 0 Å². The van der Waals surface area contributed by atoms with Crippen molar-refractivity contribution in [2.24, 2.45) is 11.7 Å². The number of aromatic nitrogens is 1. The quantitative estimate of drug-likeness (QED) is 0.593. The number of benzene rings is 1. The fourth-order valence-electron chi connectivity index (χ4n) is 4.73. The number of nitrogens with one attached hydrogen (secondary N) is 1. The highest BCUT2D eigenvalue weighted by Gasteiger charge is 2.32.